The van der Waals surface area contributed by atoms with Crippen LogP contribution in [0.25, 0.3) is 0 Å². The Morgan fingerprint density at radius 3 is 2.53 bits per heavy atom. The number of amides is 2. The van der Waals surface area contributed by atoms with E-state index in [0.29, 0.717) is 23.5 Å². The molecular formula is C24H29N3O3. The summed E-state index contributed by atoms with van der Waals surface area (Å²) in [5, 5.41) is 5.67. The molecule has 0 saturated carbocycles. The molecule has 2 aliphatic heterocycles. The maximum atomic E-state index is 12.5. The molecular weight excluding hydrogens is 378 g/mol. The Bertz CT molecular complexity index is 916. The van der Waals surface area contributed by atoms with Crippen molar-refractivity contribution < 1.29 is 14.3 Å². The molecule has 1 fully saturated rings. The van der Waals surface area contributed by atoms with E-state index in [0.717, 1.165) is 37.0 Å². The lowest BCUT2D eigenvalue weighted by molar-refractivity contribution is -0.118. The van der Waals surface area contributed by atoms with E-state index < -0.39 is 0 Å². The van der Waals surface area contributed by atoms with E-state index >= 15 is 0 Å². The Hall–Kier alpha value is -2.86. The zero-order valence-corrected chi connectivity index (χ0v) is 17.6. The fourth-order valence-corrected chi connectivity index (χ4v) is 4.44. The van der Waals surface area contributed by atoms with Crippen LogP contribution in [0, 0.1) is 11.8 Å². The van der Waals surface area contributed by atoms with E-state index in [4.69, 9.17) is 4.74 Å². The lowest BCUT2D eigenvalue weighted by atomic mass is 9.91. The first kappa shape index (κ1) is 20.4. The van der Waals surface area contributed by atoms with Crippen molar-refractivity contribution in [1.29, 1.82) is 0 Å². The van der Waals surface area contributed by atoms with Crippen LogP contribution >= 0.6 is 0 Å². The number of hydrogen-bond donors (Lipinski definition) is 2. The quantitative estimate of drug-likeness (QED) is 0.797. The molecule has 2 heterocycles. The number of nitrogens with zero attached hydrogens (tertiary/aromatic N) is 1. The van der Waals surface area contributed by atoms with Gasteiger partial charge in [-0.2, -0.15) is 0 Å². The van der Waals surface area contributed by atoms with Crippen molar-refractivity contribution in [1.82, 2.24) is 10.2 Å². The van der Waals surface area contributed by atoms with Gasteiger partial charge in [-0.3, -0.25) is 14.5 Å². The lowest BCUT2D eigenvalue weighted by Crippen LogP contribution is -2.38. The van der Waals surface area contributed by atoms with Gasteiger partial charge in [-0.25, -0.2) is 0 Å². The fraction of sp³-hybridized carbons (Fsp3) is 0.417. The third-order valence-electron chi connectivity index (χ3n) is 5.70. The van der Waals surface area contributed by atoms with Gasteiger partial charge >= 0.3 is 0 Å². The van der Waals surface area contributed by atoms with Gasteiger partial charge in [-0.1, -0.05) is 38.1 Å². The molecule has 2 aromatic carbocycles. The highest BCUT2D eigenvalue weighted by Crippen LogP contribution is 2.28. The highest BCUT2D eigenvalue weighted by atomic mass is 16.5. The first-order valence-corrected chi connectivity index (χ1v) is 10.6. The zero-order valence-electron chi connectivity index (χ0n) is 17.6. The number of benzene rings is 2. The van der Waals surface area contributed by atoms with E-state index in [9.17, 15) is 9.59 Å². The van der Waals surface area contributed by atoms with E-state index in [1.165, 1.54) is 12.0 Å². The van der Waals surface area contributed by atoms with Crippen molar-refractivity contribution in [2.75, 3.05) is 25.0 Å². The maximum Gasteiger partial charge on any atom is 0.262 e. The second-order valence-electron chi connectivity index (χ2n) is 8.69. The summed E-state index contributed by atoms with van der Waals surface area (Å²) in [6, 6.07) is 13.5. The molecule has 2 aliphatic rings. The molecule has 2 amide bonds. The number of piperidine rings is 1. The van der Waals surface area contributed by atoms with E-state index in [1.54, 1.807) is 18.2 Å². The molecule has 1 saturated heterocycles. The summed E-state index contributed by atoms with van der Waals surface area (Å²) in [6.45, 7) is 8.41. The van der Waals surface area contributed by atoms with Crippen LogP contribution in [0.15, 0.2) is 42.5 Å². The fourth-order valence-electron chi connectivity index (χ4n) is 4.44. The smallest absolute Gasteiger partial charge is 0.262 e. The number of ether oxygens (including phenoxy) is 1. The monoisotopic (exact) mass is 407 g/mol. The second kappa shape index (κ2) is 8.88. The minimum atomic E-state index is -0.188. The number of anilines is 1. The van der Waals surface area contributed by atoms with Crippen molar-refractivity contribution in [2.45, 2.75) is 33.4 Å². The molecule has 0 bridgehead atoms. The molecule has 6 nitrogen and oxygen atoms in total. The average Bonchev–Trinajstić information content (AvgIpc) is 2.72. The minimum absolute atomic E-state index is 0.0281. The third-order valence-corrected chi connectivity index (χ3v) is 5.70. The minimum Gasteiger partial charge on any atom is -0.482 e. The van der Waals surface area contributed by atoms with Crippen LogP contribution in [0.5, 0.6) is 5.75 Å². The number of nitrogens with one attached hydrogen (secondary N) is 2. The van der Waals surface area contributed by atoms with Gasteiger partial charge in [0.25, 0.3) is 11.8 Å². The molecule has 2 N–H and O–H groups in total. The largest absolute Gasteiger partial charge is 0.482 e. The molecule has 6 heteroatoms. The van der Waals surface area contributed by atoms with Crippen LogP contribution in [0.4, 0.5) is 5.69 Å². The first-order valence-electron chi connectivity index (χ1n) is 10.6. The van der Waals surface area contributed by atoms with E-state index in [-0.39, 0.29) is 18.4 Å². The molecule has 4 rings (SSSR count). The summed E-state index contributed by atoms with van der Waals surface area (Å²) in [4.78, 5) is 26.4. The van der Waals surface area contributed by atoms with Gasteiger partial charge in [0.2, 0.25) is 0 Å². The maximum absolute atomic E-state index is 12.5. The Kier molecular flexibility index (Phi) is 6.04. The van der Waals surface area contributed by atoms with Crippen LogP contribution in [-0.4, -0.2) is 36.4 Å². The van der Waals surface area contributed by atoms with Crippen LogP contribution in [0.2, 0.25) is 0 Å². The Labute approximate surface area is 177 Å². The molecule has 158 valence electrons. The van der Waals surface area contributed by atoms with Crippen molar-refractivity contribution in [3.05, 3.63) is 59.2 Å². The molecule has 2 aromatic rings. The van der Waals surface area contributed by atoms with Gasteiger partial charge in [0, 0.05) is 31.7 Å². The number of likely N-dealkylation sites (tertiary alicyclic amines) is 1. The predicted molar refractivity (Wildman–Crippen MR) is 116 cm³/mol. The molecule has 0 spiro atoms. The number of hydrogen-bond acceptors (Lipinski definition) is 4. The topological polar surface area (TPSA) is 70.7 Å². The SMILES string of the molecule is C[C@@H]1C[C@@H](C)CN(Cc2ccc(CNC(=O)c3ccc4c(c3)OCC(=O)N4)cc2)C1. The summed E-state index contributed by atoms with van der Waals surface area (Å²) >= 11 is 0. The van der Waals surface area contributed by atoms with Gasteiger partial charge in [0.15, 0.2) is 6.61 Å². The lowest BCUT2D eigenvalue weighted by Gasteiger charge is -2.35. The van der Waals surface area contributed by atoms with Gasteiger partial charge < -0.3 is 15.4 Å². The first-order chi connectivity index (χ1) is 14.5. The third kappa shape index (κ3) is 5.00. The summed E-state index contributed by atoms with van der Waals surface area (Å²) in [7, 11) is 0. The van der Waals surface area contributed by atoms with Crippen LogP contribution in [-0.2, 0) is 17.9 Å². The van der Waals surface area contributed by atoms with Crippen molar-refractivity contribution >= 4 is 17.5 Å². The van der Waals surface area contributed by atoms with Gasteiger partial charge in [-0.05, 0) is 47.6 Å². The Morgan fingerprint density at radius 1 is 1.10 bits per heavy atom. The predicted octanol–water partition coefficient (Wildman–Crippen LogP) is 3.43. The number of carbonyl (C=O) groups is 2. The van der Waals surface area contributed by atoms with Crippen LogP contribution in [0.1, 0.15) is 41.8 Å². The van der Waals surface area contributed by atoms with Gasteiger partial charge in [0.05, 0.1) is 5.69 Å². The summed E-state index contributed by atoms with van der Waals surface area (Å²) in [5.74, 6) is 1.68. The van der Waals surface area contributed by atoms with Crippen molar-refractivity contribution in [3.63, 3.8) is 0 Å². The Morgan fingerprint density at radius 2 is 1.80 bits per heavy atom. The normalized spacial score (nSPS) is 21.3. The van der Waals surface area contributed by atoms with Gasteiger partial charge in [0.1, 0.15) is 5.75 Å². The van der Waals surface area contributed by atoms with E-state index in [2.05, 4.69) is 53.6 Å². The molecule has 30 heavy (non-hydrogen) atoms. The molecule has 0 radical (unpaired) electrons. The molecule has 0 aliphatic carbocycles. The summed E-state index contributed by atoms with van der Waals surface area (Å²) in [5.41, 5.74) is 3.47. The molecule has 0 aromatic heterocycles. The van der Waals surface area contributed by atoms with Crippen molar-refractivity contribution in [2.24, 2.45) is 11.8 Å². The van der Waals surface area contributed by atoms with Crippen molar-refractivity contribution in [3.8, 4) is 5.75 Å². The molecule has 2 atom stereocenters. The van der Waals surface area contributed by atoms with Gasteiger partial charge in [-0.15, -0.1) is 0 Å². The van der Waals surface area contributed by atoms with E-state index in [1.807, 2.05) is 0 Å². The molecule has 0 unspecified atom stereocenters. The second-order valence-corrected chi connectivity index (χ2v) is 8.69. The highest BCUT2D eigenvalue weighted by Gasteiger charge is 2.21. The number of fused-ring (bicyclic) bond motifs is 1. The average molecular weight is 408 g/mol. The number of rotatable bonds is 5. The summed E-state index contributed by atoms with van der Waals surface area (Å²) in [6.07, 6.45) is 1.32. The zero-order chi connectivity index (χ0) is 21.1. The highest BCUT2D eigenvalue weighted by molar-refractivity contribution is 5.98. The van der Waals surface area contributed by atoms with Crippen LogP contribution in [0.3, 0.4) is 0 Å². The Balaban J connectivity index is 1.31. The summed E-state index contributed by atoms with van der Waals surface area (Å²) < 4.78 is 5.38. The number of carbonyl (C=O) groups excluding carboxylic acids is 2. The standard InChI is InChI=1S/C24H29N3O3/c1-16-9-17(2)13-27(12-16)14-19-5-3-18(4-6-19)11-25-24(29)20-7-8-21-22(10-20)30-15-23(28)26-21/h3-8,10,16-17H,9,11-15H2,1-2H3,(H,25,29)(H,26,28)/t16-,17-/m1/s1. The van der Waals surface area contributed by atoms with Crippen LogP contribution < -0.4 is 15.4 Å².